The first-order valence-corrected chi connectivity index (χ1v) is 25.8. The van der Waals surface area contributed by atoms with Crippen LogP contribution < -0.4 is 4.90 Å². The summed E-state index contributed by atoms with van der Waals surface area (Å²) in [6.45, 7) is 16.7. The Labute approximate surface area is 426 Å². The van der Waals surface area contributed by atoms with Crippen molar-refractivity contribution >= 4 is 60.9 Å². The molecule has 0 spiro atoms. The van der Waals surface area contributed by atoms with Crippen molar-refractivity contribution in [3.63, 3.8) is 0 Å². The lowest BCUT2D eigenvalue weighted by Crippen LogP contribution is -2.24. The van der Waals surface area contributed by atoms with Crippen molar-refractivity contribution in [1.29, 1.82) is 0 Å². The van der Waals surface area contributed by atoms with E-state index in [9.17, 15) is 0 Å². The van der Waals surface area contributed by atoms with Gasteiger partial charge in [-0.2, -0.15) is 0 Å². The topological polar surface area (TPSA) is 29.5 Å². The summed E-state index contributed by atoms with van der Waals surface area (Å²) in [5.74, 6) is 0. The fourth-order valence-corrected chi connectivity index (χ4v) is 13.8. The number of aryl methyl sites for hydroxylation is 1. The van der Waals surface area contributed by atoms with Gasteiger partial charge in [-0.3, -0.25) is 0 Å². The fraction of sp³-hybridized carbons (Fsp3) is 0.143. The highest BCUT2D eigenvalue weighted by Gasteiger charge is 2.49. The van der Waals surface area contributed by atoms with E-state index >= 15 is 0 Å². The number of hydrogen-bond donors (Lipinski definition) is 0. The van der Waals surface area contributed by atoms with E-state index in [1.54, 1.807) is 0 Å². The van der Waals surface area contributed by atoms with E-state index in [0.717, 1.165) is 55.9 Å². The molecule has 0 atom stereocenters. The monoisotopic (exact) mass is 939 g/mol. The van der Waals surface area contributed by atoms with E-state index < -0.39 is 0 Å². The molecule has 0 amide bonds. The Morgan fingerprint density at radius 2 is 0.863 bits per heavy atom. The Hall–Kier alpha value is -8.40. The maximum atomic E-state index is 7.09. The van der Waals surface area contributed by atoms with Gasteiger partial charge in [-0.05, 0) is 128 Å². The van der Waals surface area contributed by atoms with Crippen molar-refractivity contribution in [3.8, 4) is 55.6 Å². The summed E-state index contributed by atoms with van der Waals surface area (Å²) < 4.78 is 14.0. The third-order valence-corrected chi connectivity index (χ3v) is 17.3. The molecule has 15 rings (SSSR count). The van der Waals surface area contributed by atoms with Gasteiger partial charge < -0.3 is 13.7 Å². The molecule has 0 radical (unpaired) electrons. The van der Waals surface area contributed by atoms with Crippen LogP contribution in [0.15, 0.2) is 203 Å². The smallest absolute Gasteiger partial charge is 0.144 e. The Balaban J connectivity index is 0.970. The van der Waals surface area contributed by atoms with E-state index in [0.29, 0.717) is 0 Å². The number of nitrogens with zero attached hydrogens (tertiary/aromatic N) is 1. The van der Waals surface area contributed by atoms with Crippen LogP contribution in [-0.2, 0) is 16.2 Å². The SMILES string of the molecule is Cc1ccc(-c2cc3c(c4c2oc2ccccc24)-c2ccc(N(c4ccc5c(c4)C(C)(C)c4c6c(c7c(oc8ccccc87)c4-5)-c4ccccc4C6(C)C)c4ccccc4-c4ccccc4)cc2C3(C)C)cc1. The molecular weight excluding hydrogens is 887 g/mol. The van der Waals surface area contributed by atoms with Crippen molar-refractivity contribution in [2.24, 2.45) is 0 Å². The van der Waals surface area contributed by atoms with E-state index in [1.165, 1.54) is 99.6 Å². The summed E-state index contributed by atoms with van der Waals surface area (Å²) in [6, 6.07) is 71.7. The van der Waals surface area contributed by atoms with Crippen molar-refractivity contribution in [2.45, 2.75) is 64.7 Å². The number of para-hydroxylation sites is 3. The first-order valence-electron chi connectivity index (χ1n) is 25.8. The van der Waals surface area contributed by atoms with Gasteiger partial charge in [0.05, 0.1) is 5.69 Å². The number of anilines is 3. The largest absolute Gasteiger partial charge is 0.455 e. The molecule has 3 nitrogen and oxygen atoms in total. The molecule has 73 heavy (non-hydrogen) atoms. The van der Waals surface area contributed by atoms with Gasteiger partial charge in [0.2, 0.25) is 0 Å². The summed E-state index contributed by atoms with van der Waals surface area (Å²) in [5.41, 5.74) is 27.8. The zero-order valence-corrected chi connectivity index (χ0v) is 42.2. The van der Waals surface area contributed by atoms with Crippen LogP contribution in [0.4, 0.5) is 17.1 Å². The molecule has 12 aromatic rings. The molecule has 2 aromatic heterocycles. The Bertz CT molecular complexity index is 4350. The van der Waals surface area contributed by atoms with E-state index in [2.05, 4.69) is 247 Å². The molecule has 350 valence electrons. The second-order valence-electron chi connectivity index (χ2n) is 22.4. The first kappa shape index (κ1) is 42.3. The first-order chi connectivity index (χ1) is 35.4. The third-order valence-electron chi connectivity index (χ3n) is 17.3. The molecule has 3 aliphatic carbocycles. The van der Waals surface area contributed by atoms with Crippen LogP contribution in [0, 0.1) is 6.92 Å². The van der Waals surface area contributed by atoms with E-state index in [1.807, 2.05) is 0 Å². The lowest BCUT2D eigenvalue weighted by Gasteiger charge is -2.32. The molecule has 3 aliphatic rings. The normalized spacial score (nSPS) is 15.1. The Morgan fingerprint density at radius 3 is 1.56 bits per heavy atom. The van der Waals surface area contributed by atoms with Gasteiger partial charge in [0.1, 0.15) is 22.3 Å². The quantitative estimate of drug-likeness (QED) is 0.172. The van der Waals surface area contributed by atoms with Crippen molar-refractivity contribution < 1.29 is 8.83 Å². The maximum Gasteiger partial charge on any atom is 0.144 e. The number of hydrogen-bond acceptors (Lipinski definition) is 3. The van der Waals surface area contributed by atoms with Crippen LogP contribution in [0.3, 0.4) is 0 Å². The van der Waals surface area contributed by atoms with E-state index in [4.69, 9.17) is 8.83 Å². The van der Waals surface area contributed by atoms with Gasteiger partial charge in [0, 0.05) is 65.9 Å². The Morgan fingerprint density at radius 1 is 0.356 bits per heavy atom. The minimum absolute atomic E-state index is 0.227. The number of fused-ring (bicyclic) bond motifs is 19. The summed E-state index contributed by atoms with van der Waals surface area (Å²) in [4.78, 5) is 2.52. The van der Waals surface area contributed by atoms with Crippen LogP contribution in [0.1, 0.15) is 80.5 Å². The summed E-state index contributed by atoms with van der Waals surface area (Å²) in [6.07, 6.45) is 0. The van der Waals surface area contributed by atoms with Gasteiger partial charge in [0.15, 0.2) is 0 Å². The molecule has 0 saturated heterocycles. The lowest BCUT2D eigenvalue weighted by atomic mass is 9.72. The molecule has 0 bridgehead atoms. The molecule has 2 heterocycles. The Kier molecular flexibility index (Phi) is 8.47. The van der Waals surface area contributed by atoms with Crippen LogP contribution in [0.25, 0.3) is 99.5 Å². The molecule has 0 saturated carbocycles. The number of rotatable bonds is 5. The minimum atomic E-state index is -0.364. The van der Waals surface area contributed by atoms with E-state index in [-0.39, 0.29) is 16.2 Å². The molecule has 3 heteroatoms. The zero-order chi connectivity index (χ0) is 49.3. The zero-order valence-electron chi connectivity index (χ0n) is 42.2. The molecular formula is C70H53NO2. The summed E-state index contributed by atoms with van der Waals surface area (Å²) >= 11 is 0. The van der Waals surface area contributed by atoms with Gasteiger partial charge in [-0.1, -0.05) is 193 Å². The van der Waals surface area contributed by atoms with Gasteiger partial charge >= 0.3 is 0 Å². The molecule has 0 aliphatic heterocycles. The second-order valence-corrected chi connectivity index (χ2v) is 22.4. The highest BCUT2D eigenvalue weighted by Crippen LogP contribution is 2.64. The average Bonchev–Trinajstić information content (AvgIpc) is 4.17. The van der Waals surface area contributed by atoms with Crippen LogP contribution >= 0.6 is 0 Å². The molecule has 0 unspecified atom stereocenters. The molecule has 0 N–H and O–H groups in total. The molecule has 0 fully saturated rings. The van der Waals surface area contributed by atoms with Gasteiger partial charge in [-0.25, -0.2) is 0 Å². The van der Waals surface area contributed by atoms with Crippen molar-refractivity contribution in [3.05, 3.63) is 233 Å². The average molecular weight is 940 g/mol. The predicted octanol–water partition coefficient (Wildman–Crippen LogP) is 19.5. The highest BCUT2D eigenvalue weighted by molar-refractivity contribution is 6.21. The van der Waals surface area contributed by atoms with Gasteiger partial charge in [0.25, 0.3) is 0 Å². The predicted molar refractivity (Wildman–Crippen MR) is 304 cm³/mol. The van der Waals surface area contributed by atoms with Crippen LogP contribution in [0.5, 0.6) is 0 Å². The number of furan rings is 2. The van der Waals surface area contributed by atoms with Crippen molar-refractivity contribution in [2.75, 3.05) is 4.90 Å². The minimum Gasteiger partial charge on any atom is -0.455 e. The molecule has 10 aromatic carbocycles. The number of benzene rings is 10. The standard InChI is InChI=1S/C70H53NO2/c1-40-29-31-42(32-30-40)51-39-55-59(61-49-23-13-17-27-57(49)72-66(51)61)47-35-33-43(37-53(47)68(55,2)3)71(56-26-16-12-21-45(56)41-19-9-8-10-20-41)44-34-36-48-54(38-44)70(6,7)65-63(48)67-62(50-24-14-18-28-58(50)73-67)60-46-22-11-15-25-52(46)69(4,5)64(60)65/h8-39H,1-7H3. The maximum absolute atomic E-state index is 7.09. The lowest BCUT2D eigenvalue weighted by molar-refractivity contribution is 0.600. The fourth-order valence-electron chi connectivity index (χ4n) is 13.8. The van der Waals surface area contributed by atoms with Gasteiger partial charge in [-0.15, -0.1) is 0 Å². The summed E-state index contributed by atoms with van der Waals surface area (Å²) in [7, 11) is 0. The summed E-state index contributed by atoms with van der Waals surface area (Å²) in [5, 5.41) is 4.73. The van der Waals surface area contributed by atoms with Crippen LogP contribution in [0.2, 0.25) is 0 Å². The highest BCUT2D eigenvalue weighted by atomic mass is 16.3. The second kappa shape index (κ2) is 14.6. The third kappa shape index (κ3) is 5.60. The van der Waals surface area contributed by atoms with Crippen LogP contribution in [-0.4, -0.2) is 0 Å². The van der Waals surface area contributed by atoms with Crippen molar-refractivity contribution in [1.82, 2.24) is 0 Å².